The first-order chi connectivity index (χ1) is 4.84. The first-order valence-corrected chi connectivity index (χ1v) is 3.33. The molecule has 0 N–H and O–H groups in total. The second-order valence-corrected chi connectivity index (χ2v) is 2.33. The van der Waals surface area contributed by atoms with Gasteiger partial charge in [-0.25, -0.2) is 0 Å². The van der Waals surface area contributed by atoms with Crippen LogP contribution in [0.15, 0.2) is 24.3 Å². The van der Waals surface area contributed by atoms with Crippen molar-refractivity contribution in [3.05, 3.63) is 34.9 Å². The highest BCUT2D eigenvalue weighted by molar-refractivity contribution is 6.31. The van der Waals surface area contributed by atoms with Gasteiger partial charge in [-0.3, -0.25) is 0 Å². The maximum absolute atomic E-state index is 8.34. The summed E-state index contributed by atoms with van der Waals surface area (Å²) in [6.45, 7) is 0. The summed E-state index contributed by atoms with van der Waals surface area (Å²) in [7, 11) is 0. The third-order valence-electron chi connectivity index (χ3n) is 1.23. The van der Waals surface area contributed by atoms with Gasteiger partial charge in [0.25, 0.3) is 0 Å². The summed E-state index contributed by atoms with van der Waals surface area (Å²) in [6.07, 6.45) is 0.389. The molecule has 0 unspecified atom stereocenters. The molecule has 1 aromatic carbocycles. The van der Waals surface area contributed by atoms with Gasteiger partial charge in [-0.05, 0) is 11.6 Å². The molecule has 0 aromatic heterocycles. The van der Waals surface area contributed by atoms with Crippen molar-refractivity contribution < 1.29 is 0 Å². The topological polar surface area (TPSA) is 23.8 Å². The Morgan fingerprint density at radius 3 is 2.70 bits per heavy atom. The van der Waals surface area contributed by atoms with E-state index in [2.05, 4.69) is 0 Å². The van der Waals surface area contributed by atoms with Crippen LogP contribution in [0, 0.1) is 11.3 Å². The molecule has 50 valence electrons. The van der Waals surface area contributed by atoms with Crippen LogP contribution in [0.1, 0.15) is 5.56 Å². The molecule has 0 fully saturated rings. The summed E-state index contributed by atoms with van der Waals surface area (Å²) < 4.78 is 0. The third-order valence-corrected chi connectivity index (χ3v) is 1.60. The Kier molecular flexibility index (Phi) is 2.30. The van der Waals surface area contributed by atoms with Gasteiger partial charge in [0.2, 0.25) is 0 Å². The van der Waals surface area contributed by atoms with Gasteiger partial charge in [-0.15, -0.1) is 0 Å². The van der Waals surface area contributed by atoms with Crippen LogP contribution in [0.25, 0.3) is 0 Å². The number of rotatable bonds is 1. The van der Waals surface area contributed by atoms with Crippen LogP contribution in [0.5, 0.6) is 0 Å². The van der Waals surface area contributed by atoms with Crippen molar-refractivity contribution in [2.75, 3.05) is 0 Å². The fourth-order valence-electron chi connectivity index (χ4n) is 0.727. The van der Waals surface area contributed by atoms with Crippen LogP contribution in [0.2, 0.25) is 5.02 Å². The highest BCUT2D eigenvalue weighted by atomic mass is 35.5. The third kappa shape index (κ3) is 1.49. The van der Waals surface area contributed by atoms with E-state index in [1.165, 1.54) is 0 Å². The lowest BCUT2D eigenvalue weighted by molar-refractivity contribution is 1.26. The Hall–Kier alpha value is -1.00. The largest absolute Gasteiger partial charge is 0.198 e. The Labute approximate surface area is 64.9 Å². The van der Waals surface area contributed by atoms with Gasteiger partial charge in [0, 0.05) is 5.02 Å². The number of halogens is 1. The van der Waals surface area contributed by atoms with Crippen LogP contribution in [-0.4, -0.2) is 0 Å². The van der Waals surface area contributed by atoms with Crippen LogP contribution in [0.4, 0.5) is 0 Å². The van der Waals surface area contributed by atoms with Crippen molar-refractivity contribution in [2.45, 2.75) is 6.42 Å². The fraction of sp³-hybridized carbons (Fsp3) is 0.125. The standard InChI is InChI=1S/C8H6ClN/c9-8-4-2-1-3-7(8)5-6-10/h1-4H,5H2. The smallest absolute Gasteiger partial charge is 0.0670 e. The van der Waals surface area contributed by atoms with E-state index in [-0.39, 0.29) is 0 Å². The number of benzene rings is 1. The first-order valence-electron chi connectivity index (χ1n) is 2.95. The minimum Gasteiger partial charge on any atom is -0.198 e. The molecule has 0 aliphatic carbocycles. The Morgan fingerprint density at radius 1 is 1.40 bits per heavy atom. The zero-order chi connectivity index (χ0) is 7.40. The molecule has 0 amide bonds. The molecule has 0 heterocycles. The minimum absolute atomic E-state index is 0.389. The second-order valence-electron chi connectivity index (χ2n) is 1.93. The second kappa shape index (κ2) is 3.24. The van der Waals surface area contributed by atoms with E-state index in [0.717, 1.165) is 5.56 Å². The van der Waals surface area contributed by atoms with Crippen LogP contribution >= 0.6 is 11.6 Å². The molecule has 0 saturated heterocycles. The molecule has 0 aliphatic heterocycles. The molecule has 0 spiro atoms. The molecule has 0 atom stereocenters. The van der Waals surface area contributed by atoms with E-state index in [9.17, 15) is 0 Å². The van der Waals surface area contributed by atoms with E-state index in [0.29, 0.717) is 11.4 Å². The SMILES string of the molecule is N#CCc1ccccc1Cl. The van der Waals surface area contributed by atoms with Gasteiger partial charge in [0.1, 0.15) is 0 Å². The predicted molar refractivity (Wildman–Crippen MR) is 40.8 cm³/mol. The zero-order valence-electron chi connectivity index (χ0n) is 5.34. The number of nitrogens with zero attached hydrogens (tertiary/aromatic N) is 1. The van der Waals surface area contributed by atoms with E-state index >= 15 is 0 Å². The predicted octanol–water partition coefficient (Wildman–Crippen LogP) is 2.41. The lowest BCUT2D eigenvalue weighted by atomic mass is 10.2. The van der Waals surface area contributed by atoms with Crippen molar-refractivity contribution in [1.82, 2.24) is 0 Å². The lowest BCUT2D eigenvalue weighted by Crippen LogP contribution is -1.80. The molecule has 10 heavy (non-hydrogen) atoms. The molecule has 2 heteroatoms. The summed E-state index contributed by atoms with van der Waals surface area (Å²) in [6, 6.07) is 9.40. The van der Waals surface area contributed by atoms with Crippen LogP contribution in [0.3, 0.4) is 0 Å². The van der Waals surface area contributed by atoms with Gasteiger partial charge in [0.15, 0.2) is 0 Å². The Bertz CT molecular complexity index is 262. The zero-order valence-corrected chi connectivity index (χ0v) is 6.10. The van der Waals surface area contributed by atoms with Crippen molar-refractivity contribution in [2.24, 2.45) is 0 Å². The van der Waals surface area contributed by atoms with Gasteiger partial charge in [-0.2, -0.15) is 5.26 Å². The number of hydrogen-bond acceptors (Lipinski definition) is 1. The molecule has 0 bridgehead atoms. The summed E-state index contributed by atoms with van der Waals surface area (Å²) in [5, 5.41) is 9.01. The van der Waals surface area contributed by atoms with Crippen molar-refractivity contribution in [3.8, 4) is 6.07 Å². The highest BCUT2D eigenvalue weighted by Crippen LogP contribution is 2.14. The molecule has 1 rings (SSSR count). The average Bonchev–Trinajstić information content (AvgIpc) is 1.94. The van der Waals surface area contributed by atoms with Crippen LogP contribution in [-0.2, 0) is 6.42 Å². The molecule has 0 saturated carbocycles. The molecular formula is C8H6ClN. The van der Waals surface area contributed by atoms with E-state index < -0.39 is 0 Å². The van der Waals surface area contributed by atoms with Gasteiger partial charge in [0.05, 0.1) is 12.5 Å². The summed E-state index contributed by atoms with van der Waals surface area (Å²) >= 11 is 5.75. The Balaban J connectivity index is 2.94. The van der Waals surface area contributed by atoms with Crippen LogP contribution < -0.4 is 0 Å². The normalized spacial score (nSPS) is 8.80. The van der Waals surface area contributed by atoms with E-state index in [1.807, 2.05) is 24.3 Å². The molecular weight excluding hydrogens is 146 g/mol. The monoisotopic (exact) mass is 151 g/mol. The summed E-state index contributed by atoms with van der Waals surface area (Å²) in [5.74, 6) is 0. The summed E-state index contributed by atoms with van der Waals surface area (Å²) in [5.41, 5.74) is 0.895. The number of nitriles is 1. The first kappa shape index (κ1) is 7.11. The van der Waals surface area contributed by atoms with E-state index in [4.69, 9.17) is 16.9 Å². The maximum Gasteiger partial charge on any atom is 0.0670 e. The Morgan fingerprint density at radius 2 is 2.10 bits per heavy atom. The molecule has 1 nitrogen and oxygen atoms in total. The van der Waals surface area contributed by atoms with Gasteiger partial charge >= 0.3 is 0 Å². The maximum atomic E-state index is 8.34. The lowest BCUT2D eigenvalue weighted by Gasteiger charge is -1.94. The molecule has 1 aromatic rings. The average molecular weight is 152 g/mol. The van der Waals surface area contributed by atoms with Crippen molar-refractivity contribution >= 4 is 11.6 Å². The minimum atomic E-state index is 0.389. The molecule has 0 aliphatic rings. The molecule has 0 radical (unpaired) electrons. The van der Waals surface area contributed by atoms with E-state index in [1.54, 1.807) is 6.07 Å². The number of hydrogen-bond donors (Lipinski definition) is 0. The van der Waals surface area contributed by atoms with Crippen molar-refractivity contribution in [3.63, 3.8) is 0 Å². The van der Waals surface area contributed by atoms with Crippen molar-refractivity contribution in [1.29, 1.82) is 5.26 Å². The van der Waals surface area contributed by atoms with Gasteiger partial charge < -0.3 is 0 Å². The fourth-order valence-corrected chi connectivity index (χ4v) is 0.929. The quantitative estimate of drug-likeness (QED) is 0.605. The highest BCUT2D eigenvalue weighted by Gasteiger charge is 1.94. The van der Waals surface area contributed by atoms with Gasteiger partial charge in [-0.1, -0.05) is 29.8 Å². The summed E-state index contributed by atoms with van der Waals surface area (Å²) in [4.78, 5) is 0.